The molecule has 4 radical (unpaired) electrons. The van der Waals surface area contributed by atoms with Gasteiger partial charge in [0, 0.05) is 13.8 Å². The van der Waals surface area contributed by atoms with Crippen LogP contribution in [0.4, 0.5) is 0 Å². The Kier molecular flexibility index (Phi) is 14.7. The molecule has 1 rings (SSSR count). The molecule has 0 bridgehead atoms. The fraction of sp³-hybridized carbons (Fsp3) is 0.905. The Labute approximate surface area is 145 Å². The molecule has 0 spiro atoms. The number of aliphatic carboxylic acids is 1. The number of rotatable bonds is 14. The minimum atomic E-state index is -0.644. The Morgan fingerprint density at radius 1 is 0.826 bits per heavy atom. The highest BCUT2D eigenvalue weighted by molar-refractivity contribution is 5.66. The van der Waals surface area contributed by atoms with E-state index in [1.165, 1.54) is 83.5 Å². The van der Waals surface area contributed by atoms with Crippen LogP contribution in [0, 0.1) is 19.3 Å². The van der Waals surface area contributed by atoms with Crippen molar-refractivity contribution in [2.24, 2.45) is 11.8 Å². The van der Waals surface area contributed by atoms with Gasteiger partial charge in [0.15, 0.2) is 0 Å². The first-order valence-electron chi connectivity index (χ1n) is 9.95. The molecule has 0 aromatic carbocycles. The third kappa shape index (κ3) is 11.6. The Balaban J connectivity index is 0.00000484. The number of unbranched alkanes of at least 4 members (excludes halogenated alkanes) is 8. The molecular weight excluding hydrogens is 284 g/mol. The number of carboxylic acids is 1. The maximum atomic E-state index is 10.5. The third-order valence-electron chi connectivity index (χ3n) is 5.46. The van der Waals surface area contributed by atoms with Gasteiger partial charge in [-0.3, -0.25) is 4.79 Å². The molecule has 0 amide bonds. The molecule has 1 N–H and O–H groups in total. The first kappa shape index (κ1) is 22.5. The zero-order valence-electron chi connectivity index (χ0n) is 15.3. The fourth-order valence-electron chi connectivity index (χ4n) is 4.10. The predicted molar refractivity (Wildman–Crippen MR) is 97.4 cm³/mol. The van der Waals surface area contributed by atoms with Crippen LogP contribution in [-0.2, 0) is 4.79 Å². The van der Waals surface area contributed by atoms with Gasteiger partial charge >= 0.3 is 5.97 Å². The molecule has 2 atom stereocenters. The van der Waals surface area contributed by atoms with Crippen molar-refractivity contribution in [2.75, 3.05) is 0 Å². The summed E-state index contributed by atoms with van der Waals surface area (Å²) in [4.78, 5) is 10.5. The van der Waals surface area contributed by atoms with E-state index in [0.717, 1.165) is 24.7 Å². The summed E-state index contributed by atoms with van der Waals surface area (Å²) in [5.74, 6) is 1.34. The highest BCUT2D eigenvalue weighted by Crippen LogP contribution is 2.38. The Morgan fingerprint density at radius 2 is 1.30 bits per heavy atom. The molecule has 23 heavy (non-hydrogen) atoms. The van der Waals surface area contributed by atoms with Crippen molar-refractivity contribution in [1.82, 2.24) is 0 Å². The average molecular weight is 323 g/mol. The van der Waals surface area contributed by atoms with Gasteiger partial charge in [-0.2, -0.15) is 0 Å². The van der Waals surface area contributed by atoms with Crippen molar-refractivity contribution in [3.05, 3.63) is 7.43 Å². The quantitative estimate of drug-likeness (QED) is 0.363. The lowest BCUT2D eigenvalue weighted by atomic mass is 9.86. The van der Waals surface area contributed by atoms with Crippen molar-refractivity contribution in [3.63, 3.8) is 0 Å². The SMILES string of the molecule is CCCCCCCC[C@H]1CCC[C@@H]1CCCCCCC(=O)O.[C]. The van der Waals surface area contributed by atoms with E-state index < -0.39 is 5.97 Å². The molecule has 1 aliphatic carbocycles. The summed E-state index contributed by atoms with van der Waals surface area (Å²) < 4.78 is 0. The van der Waals surface area contributed by atoms with Gasteiger partial charge in [0.05, 0.1) is 0 Å². The molecule has 1 aliphatic rings. The number of hydrogen-bond acceptors (Lipinski definition) is 1. The van der Waals surface area contributed by atoms with Gasteiger partial charge in [0.1, 0.15) is 0 Å². The lowest BCUT2D eigenvalue weighted by Crippen LogP contribution is -2.08. The van der Waals surface area contributed by atoms with Crippen LogP contribution in [0.5, 0.6) is 0 Å². The highest BCUT2D eigenvalue weighted by Gasteiger charge is 2.25. The minimum absolute atomic E-state index is 0. The Hall–Kier alpha value is -0.530. The van der Waals surface area contributed by atoms with E-state index in [1.54, 1.807) is 0 Å². The Morgan fingerprint density at radius 3 is 1.83 bits per heavy atom. The highest BCUT2D eigenvalue weighted by atomic mass is 16.4. The number of carboxylic acid groups (broad SMARTS) is 1. The Bertz CT molecular complexity index is 275. The first-order valence-corrected chi connectivity index (χ1v) is 9.95. The van der Waals surface area contributed by atoms with Gasteiger partial charge in [-0.15, -0.1) is 0 Å². The molecule has 0 aromatic heterocycles. The topological polar surface area (TPSA) is 37.3 Å². The van der Waals surface area contributed by atoms with Gasteiger partial charge < -0.3 is 5.11 Å². The molecule has 1 saturated carbocycles. The van der Waals surface area contributed by atoms with Gasteiger partial charge in [0.2, 0.25) is 0 Å². The van der Waals surface area contributed by atoms with Gasteiger partial charge in [-0.25, -0.2) is 0 Å². The standard InChI is InChI=1S/C20H38O2.C/c1-2-3-4-5-6-9-13-18-15-12-16-19(18)14-10-7-8-11-17-20(21)22;/h18-19H,2-17H2,1H3,(H,21,22);/t18-,19-;/m0./s1. The number of hydrogen-bond donors (Lipinski definition) is 1. The summed E-state index contributed by atoms with van der Waals surface area (Å²) in [6, 6.07) is 0. The normalized spacial score (nSPS) is 20.4. The van der Waals surface area contributed by atoms with Crippen LogP contribution in [0.15, 0.2) is 0 Å². The minimum Gasteiger partial charge on any atom is -0.481 e. The van der Waals surface area contributed by atoms with Crippen molar-refractivity contribution >= 4 is 5.97 Å². The van der Waals surface area contributed by atoms with E-state index in [-0.39, 0.29) is 7.43 Å². The molecular formula is C21H38O2. The molecule has 134 valence electrons. The molecule has 0 aliphatic heterocycles. The van der Waals surface area contributed by atoms with E-state index in [0.29, 0.717) is 6.42 Å². The molecule has 0 aromatic rings. The largest absolute Gasteiger partial charge is 0.481 e. The van der Waals surface area contributed by atoms with E-state index in [9.17, 15) is 4.79 Å². The maximum Gasteiger partial charge on any atom is 0.303 e. The summed E-state index contributed by atoms with van der Waals surface area (Å²) in [5, 5.41) is 8.63. The van der Waals surface area contributed by atoms with Crippen molar-refractivity contribution in [3.8, 4) is 0 Å². The predicted octanol–water partition coefficient (Wildman–Crippen LogP) is 6.66. The molecule has 2 heteroatoms. The fourth-order valence-corrected chi connectivity index (χ4v) is 4.10. The summed E-state index contributed by atoms with van der Waals surface area (Å²) in [7, 11) is 0. The van der Waals surface area contributed by atoms with Crippen molar-refractivity contribution in [2.45, 2.75) is 110 Å². The van der Waals surface area contributed by atoms with Crippen molar-refractivity contribution < 1.29 is 9.90 Å². The van der Waals surface area contributed by atoms with Crippen LogP contribution in [0.1, 0.15) is 110 Å². The van der Waals surface area contributed by atoms with E-state index in [1.807, 2.05) is 0 Å². The van der Waals surface area contributed by atoms with Crippen LogP contribution >= 0.6 is 0 Å². The zero-order valence-corrected chi connectivity index (χ0v) is 15.3. The maximum absolute atomic E-state index is 10.5. The molecule has 0 unspecified atom stereocenters. The second-order valence-electron chi connectivity index (χ2n) is 7.35. The van der Waals surface area contributed by atoms with Gasteiger partial charge in [-0.1, -0.05) is 96.8 Å². The van der Waals surface area contributed by atoms with Crippen LogP contribution in [0.2, 0.25) is 0 Å². The van der Waals surface area contributed by atoms with Gasteiger partial charge in [0.25, 0.3) is 0 Å². The van der Waals surface area contributed by atoms with Gasteiger partial charge in [-0.05, 0) is 18.3 Å². The van der Waals surface area contributed by atoms with Crippen LogP contribution in [0.3, 0.4) is 0 Å². The summed E-state index contributed by atoms with van der Waals surface area (Å²) >= 11 is 0. The van der Waals surface area contributed by atoms with Crippen LogP contribution in [0.25, 0.3) is 0 Å². The van der Waals surface area contributed by atoms with E-state index in [4.69, 9.17) is 5.11 Å². The monoisotopic (exact) mass is 322 g/mol. The first-order chi connectivity index (χ1) is 10.7. The lowest BCUT2D eigenvalue weighted by Gasteiger charge is -2.19. The lowest BCUT2D eigenvalue weighted by molar-refractivity contribution is -0.137. The summed E-state index contributed by atoms with van der Waals surface area (Å²) in [6.07, 6.45) is 20.6. The van der Waals surface area contributed by atoms with E-state index in [2.05, 4.69) is 6.92 Å². The van der Waals surface area contributed by atoms with Crippen molar-refractivity contribution in [1.29, 1.82) is 0 Å². The average Bonchev–Trinajstić information content (AvgIpc) is 2.93. The summed E-state index contributed by atoms with van der Waals surface area (Å²) in [5.41, 5.74) is 0. The number of carbonyl (C=O) groups is 1. The van der Waals surface area contributed by atoms with Crippen LogP contribution < -0.4 is 0 Å². The van der Waals surface area contributed by atoms with E-state index >= 15 is 0 Å². The molecule has 2 nitrogen and oxygen atoms in total. The molecule has 1 fully saturated rings. The van der Waals surface area contributed by atoms with Crippen LogP contribution in [-0.4, -0.2) is 11.1 Å². The smallest absolute Gasteiger partial charge is 0.303 e. The zero-order chi connectivity index (χ0) is 16.0. The molecule has 0 heterocycles. The second-order valence-corrected chi connectivity index (χ2v) is 7.35. The third-order valence-corrected chi connectivity index (χ3v) is 5.46. The molecule has 0 saturated heterocycles. The second kappa shape index (κ2) is 15.0. The summed E-state index contributed by atoms with van der Waals surface area (Å²) in [6.45, 7) is 2.28.